The molecule has 4 nitrogen and oxygen atoms in total. The second-order valence-electron chi connectivity index (χ2n) is 7.86. The smallest absolute Gasteiger partial charge is 0.254 e. The Balaban J connectivity index is 1.37. The molecule has 28 heavy (non-hydrogen) atoms. The van der Waals surface area contributed by atoms with Gasteiger partial charge in [0, 0.05) is 29.4 Å². The first-order chi connectivity index (χ1) is 13.7. The Morgan fingerprint density at radius 1 is 1.04 bits per heavy atom. The summed E-state index contributed by atoms with van der Waals surface area (Å²) < 4.78 is 13.3. The maximum absolute atomic E-state index is 13.3. The summed E-state index contributed by atoms with van der Waals surface area (Å²) in [6.45, 7) is 0. The van der Waals surface area contributed by atoms with Crippen molar-refractivity contribution in [3.63, 3.8) is 0 Å². The predicted octanol–water partition coefficient (Wildman–Crippen LogP) is 4.77. The molecule has 2 aliphatic rings. The highest BCUT2D eigenvalue weighted by atomic mass is 19.1. The minimum Gasteiger partial charge on any atom is -0.333 e. The monoisotopic (exact) mass is 375 g/mol. The molecule has 0 aliphatic carbocycles. The zero-order valence-corrected chi connectivity index (χ0v) is 15.5. The van der Waals surface area contributed by atoms with Crippen LogP contribution in [0.15, 0.2) is 60.8 Å². The molecule has 2 fully saturated rings. The number of benzene rings is 2. The Morgan fingerprint density at radius 2 is 1.79 bits per heavy atom. The highest BCUT2D eigenvalue weighted by Crippen LogP contribution is 2.43. The van der Waals surface area contributed by atoms with Crippen molar-refractivity contribution in [2.45, 2.75) is 43.7 Å². The van der Waals surface area contributed by atoms with Gasteiger partial charge in [0.2, 0.25) is 0 Å². The lowest BCUT2D eigenvalue weighted by molar-refractivity contribution is 0.0571. The number of nitrogens with one attached hydrogen (secondary N) is 1. The van der Waals surface area contributed by atoms with Crippen molar-refractivity contribution in [3.8, 4) is 11.3 Å². The molecule has 0 radical (unpaired) electrons. The highest BCUT2D eigenvalue weighted by Gasteiger charge is 2.43. The largest absolute Gasteiger partial charge is 0.333 e. The number of piperidine rings is 1. The van der Waals surface area contributed by atoms with Crippen molar-refractivity contribution >= 4 is 5.91 Å². The third kappa shape index (κ3) is 3.01. The van der Waals surface area contributed by atoms with Crippen molar-refractivity contribution in [2.24, 2.45) is 0 Å². The van der Waals surface area contributed by atoms with E-state index in [9.17, 15) is 9.18 Å². The topological polar surface area (TPSA) is 49.0 Å². The van der Waals surface area contributed by atoms with Crippen LogP contribution in [0.1, 0.15) is 47.5 Å². The van der Waals surface area contributed by atoms with Crippen molar-refractivity contribution in [3.05, 3.63) is 77.7 Å². The van der Waals surface area contributed by atoms with Crippen molar-refractivity contribution < 1.29 is 9.18 Å². The van der Waals surface area contributed by atoms with Gasteiger partial charge < -0.3 is 4.90 Å². The molecule has 3 aromatic rings. The van der Waals surface area contributed by atoms with Gasteiger partial charge in [-0.1, -0.05) is 24.3 Å². The van der Waals surface area contributed by atoms with E-state index in [0.29, 0.717) is 5.92 Å². The van der Waals surface area contributed by atoms with E-state index in [-0.39, 0.29) is 23.8 Å². The summed E-state index contributed by atoms with van der Waals surface area (Å²) in [5, 5.41) is 7.03. The number of carbonyl (C=O) groups excluding carboxylic acids is 1. The van der Waals surface area contributed by atoms with E-state index in [4.69, 9.17) is 0 Å². The van der Waals surface area contributed by atoms with Crippen molar-refractivity contribution in [2.75, 3.05) is 0 Å². The van der Waals surface area contributed by atoms with Gasteiger partial charge in [-0.05, 0) is 67.5 Å². The lowest BCUT2D eigenvalue weighted by Crippen LogP contribution is -2.46. The zero-order chi connectivity index (χ0) is 19.1. The molecule has 0 spiro atoms. The molecule has 3 heterocycles. The van der Waals surface area contributed by atoms with Crippen LogP contribution in [0.4, 0.5) is 4.39 Å². The second kappa shape index (κ2) is 6.89. The van der Waals surface area contributed by atoms with Gasteiger partial charge in [-0.25, -0.2) is 4.39 Å². The minimum atomic E-state index is -0.198. The second-order valence-corrected chi connectivity index (χ2v) is 7.86. The van der Waals surface area contributed by atoms with E-state index >= 15 is 0 Å². The lowest BCUT2D eigenvalue weighted by atomic mass is 9.84. The summed E-state index contributed by atoms with van der Waals surface area (Å²) >= 11 is 0. The molecule has 142 valence electrons. The molecule has 2 aliphatic heterocycles. The van der Waals surface area contributed by atoms with Crippen LogP contribution in [0.5, 0.6) is 0 Å². The summed E-state index contributed by atoms with van der Waals surface area (Å²) in [7, 11) is 0. The molecule has 0 unspecified atom stereocenters. The Hall–Kier alpha value is -2.95. The van der Waals surface area contributed by atoms with Crippen LogP contribution in [0.2, 0.25) is 0 Å². The molecule has 2 bridgehead atoms. The van der Waals surface area contributed by atoms with Crippen LogP contribution in [0.25, 0.3) is 11.3 Å². The molecule has 2 aromatic carbocycles. The van der Waals surface area contributed by atoms with Crippen LogP contribution >= 0.6 is 0 Å². The number of nitrogens with zero attached hydrogens (tertiary/aromatic N) is 2. The normalized spacial score (nSPS) is 23.8. The number of carbonyl (C=O) groups is 1. The maximum Gasteiger partial charge on any atom is 0.254 e. The molecule has 0 saturated carbocycles. The Morgan fingerprint density at radius 3 is 2.46 bits per heavy atom. The summed E-state index contributed by atoms with van der Waals surface area (Å²) in [6, 6.07) is 17.0. The average molecular weight is 375 g/mol. The molecular weight excluding hydrogens is 353 g/mol. The van der Waals surface area contributed by atoms with Crippen LogP contribution in [0.3, 0.4) is 0 Å². The Bertz CT molecular complexity index is 969. The van der Waals surface area contributed by atoms with E-state index in [0.717, 1.165) is 42.5 Å². The third-order valence-electron chi connectivity index (χ3n) is 6.22. The van der Waals surface area contributed by atoms with E-state index in [1.54, 1.807) is 6.20 Å². The maximum atomic E-state index is 13.3. The molecule has 5 heteroatoms. The lowest BCUT2D eigenvalue weighted by Gasteiger charge is -2.39. The minimum absolute atomic E-state index is 0.113. The highest BCUT2D eigenvalue weighted by molar-refractivity contribution is 5.96. The third-order valence-corrected chi connectivity index (χ3v) is 6.22. The van der Waals surface area contributed by atoms with Gasteiger partial charge in [-0.3, -0.25) is 9.89 Å². The van der Waals surface area contributed by atoms with Gasteiger partial charge >= 0.3 is 0 Å². The number of hydrogen-bond acceptors (Lipinski definition) is 2. The summed E-state index contributed by atoms with van der Waals surface area (Å²) in [4.78, 5) is 15.4. The number of aromatic amines is 1. The summed E-state index contributed by atoms with van der Waals surface area (Å²) in [5.41, 5.74) is 3.69. The number of aromatic nitrogens is 2. The van der Waals surface area contributed by atoms with E-state index in [1.165, 1.54) is 17.7 Å². The van der Waals surface area contributed by atoms with Gasteiger partial charge in [-0.2, -0.15) is 5.10 Å². The predicted molar refractivity (Wildman–Crippen MR) is 105 cm³/mol. The number of amides is 1. The summed E-state index contributed by atoms with van der Waals surface area (Å²) in [5.74, 6) is 0.316. The van der Waals surface area contributed by atoms with E-state index in [1.807, 2.05) is 42.5 Å². The van der Waals surface area contributed by atoms with Gasteiger partial charge in [0.25, 0.3) is 5.91 Å². The fourth-order valence-corrected chi connectivity index (χ4v) is 4.90. The number of H-pyrrole nitrogens is 1. The first-order valence-electron chi connectivity index (χ1n) is 9.87. The first kappa shape index (κ1) is 17.2. The van der Waals surface area contributed by atoms with E-state index < -0.39 is 0 Å². The van der Waals surface area contributed by atoms with E-state index in [2.05, 4.69) is 15.1 Å². The fraction of sp³-hybridized carbons (Fsp3) is 0.304. The number of rotatable bonds is 3. The standard InChI is InChI=1S/C23H22FN3O/c24-19-6-4-15(5-7-19)18-13-20-8-9-21(14-18)27(20)23(28)17-3-1-2-16(12-17)22-10-11-25-26-22/h1-7,10-12,18,20-21H,8-9,13-14H2,(H,25,26)/t18-,20+,21-. The number of hydrogen-bond donors (Lipinski definition) is 1. The van der Waals surface area contributed by atoms with Gasteiger partial charge in [-0.15, -0.1) is 0 Å². The van der Waals surface area contributed by atoms with Gasteiger partial charge in [0.05, 0.1) is 5.69 Å². The SMILES string of the molecule is O=C(c1cccc(-c2cc[nH]n2)c1)N1[C@@H]2CC[C@H]1C[C@@H](c1ccc(F)cc1)C2. The van der Waals surface area contributed by atoms with Gasteiger partial charge in [0.1, 0.15) is 5.82 Å². The van der Waals surface area contributed by atoms with Crippen molar-refractivity contribution in [1.82, 2.24) is 15.1 Å². The fourth-order valence-electron chi connectivity index (χ4n) is 4.90. The molecule has 1 amide bonds. The van der Waals surface area contributed by atoms with Crippen molar-refractivity contribution in [1.29, 1.82) is 0 Å². The van der Waals surface area contributed by atoms with Crippen LogP contribution in [-0.4, -0.2) is 33.1 Å². The molecule has 2 saturated heterocycles. The van der Waals surface area contributed by atoms with Crippen LogP contribution < -0.4 is 0 Å². The number of fused-ring (bicyclic) bond motifs is 2. The summed E-state index contributed by atoms with van der Waals surface area (Å²) in [6.07, 6.45) is 5.78. The zero-order valence-electron chi connectivity index (χ0n) is 15.5. The average Bonchev–Trinajstić information content (AvgIpc) is 3.35. The molecule has 3 atom stereocenters. The van der Waals surface area contributed by atoms with Crippen LogP contribution in [0, 0.1) is 5.82 Å². The van der Waals surface area contributed by atoms with Gasteiger partial charge in [0.15, 0.2) is 0 Å². The molecule has 5 rings (SSSR count). The van der Waals surface area contributed by atoms with Crippen LogP contribution in [-0.2, 0) is 0 Å². The quantitative estimate of drug-likeness (QED) is 0.717. The molecule has 1 aromatic heterocycles. The number of halogens is 1. The Kier molecular flexibility index (Phi) is 4.23. The molecular formula is C23H22FN3O. The molecule has 1 N–H and O–H groups in total. The first-order valence-corrected chi connectivity index (χ1v) is 9.87. The Labute approximate surface area is 163 Å².